The van der Waals surface area contributed by atoms with Crippen LogP contribution in [0.25, 0.3) is 0 Å². The van der Waals surface area contributed by atoms with Gasteiger partial charge in [-0.25, -0.2) is 0 Å². The van der Waals surface area contributed by atoms with Crippen molar-refractivity contribution in [2.75, 3.05) is 34.9 Å². The van der Waals surface area contributed by atoms with Crippen LogP contribution in [0.15, 0.2) is 0 Å². The summed E-state index contributed by atoms with van der Waals surface area (Å²) >= 11 is 0. The number of carbonyl (C=O) groups excluding carboxylic acids is 2. The van der Waals surface area contributed by atoms with E-state index in [0.717, 1.165) is 0 Å². The molecule has 0 amide bonds. The van der Waals surface area contributed by atoms with E-state index in [4.69, 9.17) is 4.74 Å². The summed E-state index contributed by atoms with van der Waals surface area (Å²) in [6.45, 7) is 3.86. The zero-order valence-electron chi connectivity index (χ0n) is 12.0. The van der Waals surface area contributed by atoms with Crippen molar-refractivity contribution in [3.63, 3.8) is 0 Å². The summed E-state index contributed by atoms with van der Waals surface area (Å²) in [6, 6.07) is -0.950. The topological polar surface area (TPSA) is 67.9 Å². The SMILES string of the molecule is CN[C@H](COC(=O)[C@H](C(C)C)N(C)C)C(=O)OC. The summed E-state index contributed by atoms with van der Waals surface area (Å²) in [5, 5.41) is 2.74. The Kier molecular flexibility index (Phi) is 7.54. The van der Waals surface area contributed by atoms with Crippen molar-refractivity contribution in [1.82, 2.24) is 10.2 Å². The average molecular weight is 260 g/mol. The number of esters is 2. The standard InChI is InChI=1S/C12H24N2O4/c1-8(2)10(14(4)5)12(16)18-7-9(13-3)11(15)17-6/h8-10,13H,7H2,1-6H3/t9-,10+/m1/s1. The maximum absolute atomic E-state index is 11.9. The lowest BCUT2D eigenvalue weighted by Gasteiger charge is -2.26. The number of nitrogens with zero attached hydrogens (tertiary/aromatic N) is 1. The van der Waals surface area contributed by atoms with E-state index >= 15 is 0 Å². The highest BCUT2D eigenvalue weighted by Gasteiger charge is 2.27. The van der Waals surface area contributed by atoms with Gasteiger partial charge in [-0.15, -0.1) is 0 Å². The number of nitrogens with one attached hydrogen (secondary N) is 1. The van der Waals surface area contributed by atoms with Gasteiger partial charge in [-0.3, -0.25) is 14.5 Å². The predicted octanol–water partition coefficient (Wildman–Crippen LogP) is -0.123. The highest BCUT2D eigenvalue weighted by molar-refractivity contribution is 5.78. The molecule has 0 rings (SSSR count). The van der Waals surface area contributed by atoms with Crippen molar-refractivity contribution in [2.24, 2.45) is 5.92 Å². The molecular weight excluding hydrogens is 236 g/mol. The lowest BCUT2D eigenvalue weighted by Crippen LogP contribution is -2.45. The van der Waals surface area contributed by atoms with Crippen LogP contribution in [0.4, 0.5) is 0 Å². The molecule has 0 aromatic rings. The van der Waals surface area contributed by atoms with E-state index in [9.17, 15) is 9.59 Å². The molecule has 6 nitrogen and oxygen atoms in total. The monoisotopic (exact) mass is 260 g/mol. The fraction of sp³-hybridized carbons (Fsp3) is 0.833. The molecule has 0 aromatic heterocycles. The predicted molar refractivity (Wildman–Crippen MR) is 68.1 cm³/mol. The molecule has 0 aliphatic carbocycles. The van der Waals surface area contributed by atoms with Gasteiger partial charge >= 0.3 is 11.9 Å². The minimum absolute atomic E-state index is 0.0287. The smallest absolute Gasteiger partial charge is 0.326 e. The molecule has 0 saturated carbocycles. The van der Waals surface area contributed by atoms with E-state index in [2.05, 4.69) is 10.1 Å². The molecule has 0 unspecified atom stereocenters. The van der Waals surface area contributed by atoms with E-state index in [1.54, 1.807) is 11.9 Å². The van der Waals surface area contributed by atoms with Gasteiger partial charge in [-0.2, -0.15) is 0 Å². The number of ether oxygens (including phenoxy) is 2. The van der Waals surface area contributed by atoms with E-state index in [1.807, 2.05) is 27.9 Å². The quantitative estimate of drug-likeness (QED) is 0.644. The fourth-order valence-corrected chi connectivity index (χ4v) is 1.74. The number of hydrogen-bond donors (Lipinski definition) is 1. The zero-order chi connectivity index (χ0) is 14.3. The normalized spacial score (nSPS) is 14.4. The second-order valence-electron chi connectivity index (χ2n) is 4.65. The van der Waals surface area contributed by atoms with Gasteiger partial charge in [0, 0.05) is 0 Å². The number of hydrogen-bond acceptors (Lipinski definition) is 6. The number of methoxy groups -OCH3 is 1. The number of rotatable bonds is 7. The van der Waals surface area contributed by atoms with Crippen molar-refractivity contribution >= 4 is 11.9 Å². The van der Waals surface area contributed by atoms with Crippen LogP contribution in [-0.4, -0.2) is 63.8 Å². The summed E-state index contributed by atoms with van der Waals surface area (Å²) in [5.74, 6) is -0.644. The van der Waals surface area contributed by atoms with Gasteiger partial charge in [-0.05, 0) is 27.1 Å². The Balaban J connectivity index is 4.42. The molecule has 0 radical (unpaired) electrons. The Morgan fingerprint density at radius 1 is 1.22 bits per heavy atom. The Morgan fingerprint density at radius 2 is 1.78 bits per heavy atom. The third kappa shape index (κ3) is 5.01. The molecule has 0 fully saturated rings. The average Bonchev–Trinajstić information content (AvgIpc) is 2.28. The molecule has 0 spiro atoms. The first-order valence-corrected chi connectivity index (χ1v) is 5.93. The van der Waals surface area contributed by atoms with E-state index < -0.39 is 12.0 Å². The molecule has 0 aromatic carbocycles. The van der Waals surface area contributed by atoms with Gasteiger partial charge in [0.05, 0.1) is 7.11 Å². The molecule has 0 bridgehead atoms. The number of carbonyl (C=O) groups is 2. The summed E-state index contributed by atoms with van der Waals surface area (Å²) in [6.07, 6.45) is 0. The van der Waals surface area contributed by atoms with Crippen LogP contribution in [0.3, 0.4) is 0 Å². The first-order valence-electron chi connectivity index (χ1n) is 5.93. The molecule has 6 heteroatoms. The maximum atomic E-state index is 11.9. The van der Waals surface area contributed by atoms with Gasteiger partial charge < -0.3 is 14.8 Å². The molecule has 106 valence electrons. The van der Waals surface area contributed by atoms with E-state index in [-0.39, 0.29) is 24.5 Å². The van der Waals surface area contributed by atoms with Crippen molar-refractivity contribution < 1.29 is 19.1 Å². The first-order chi connectivity index (χ1) is 8.34. The summed E-state index contributed by atoms with van der Waals surface area (Å²) in [4.78, 5) is 25.0. The van der Waals surface area contributed by atoms with Crippen LogP contribution in [0.5, 0.6) is 0 Å². The minimum atomic E-state index is -0.631. The summed E-state index contributed by atoms with van der Waals surface area (Å²) in [7, 11) is 6.55. The summed E-state index contributed by atoms with van der Waals surface area (Å²) in [5.41, 5.74) is 0. The third-order valence-corrected chi connectivity index (χ3v) is 2.66. The molecular formula is C12H24N2O4. The van der Waals surface area contributed by atoms with Crippen LogP contribution in [0.2, 0.25) is 0 Å². The van der Waals surface area contributed by atoms with Gasteiger partial charge in [0.15, 0.2) is 0 Å². The molecule has 0 heterocycles. The largest absolute Gasteiger partial charge is 0.468 e. The maximum Gasteiger partial charge on any atom is 0.326 e. The van der Waals surface area contributed by atoms with Crippen LogP contribution in [0, 0.1) is 5.92 Å². The van der Waals surface area contributed by atoms with Crippen molar-refractivity contribution in [2.45, 2.75) is 25.9 Å². The van der Waals surface area contributed by atoms with Crippen LogP contribution >= 0.6 is 0 Å². The molecule has 0 saturated heterocycles. The highest BCUT2D eigenvalue weighted by atomic mass is 16.5. The molecule has 18 heavy (non-hydrogen) atoms. The molecule has 1 N–H and O–H groups in total. The van der Waals surface area contributed by atoms with Crippen molar-refractivity contribution in [1.29, 1.82) is 0 Å². The Labute approximate surface area is 109 Å². The highest BCUT2D eigenvalue weighted by Crippen LogP contribution is 2.09. The van der Waals surface area contributed by atoms with E-state index in [0.29, 0.717) is 0 Å². The fourth-order valence-electron chi connectivity index (χ4n) is 1.74. The second kappa shape index (κ2) is 8.05. The van der Waals surface area contributed by atoms with Gasteiger partial charge in [-0.1, -0.05) is 13.8 Å². The molecule has 0 aliphatic rings. The van der Waals surface area contributed by atoms with E-state index in [1.165, 1.54) is 7.11 Å². The minimum Gasteiger partial charge on any atom is -0.468 e. The number of likely N-dealkylation sites (N-methyl/N-ethyl adjacent to an activating group) is 2. The van der Waals surface area contributed by atoms with Gasteiger partial charge in [0.2, 0.25) is 0 Å². The van der Waals surface area contributed by atoms with Crippen LogP contribution in [-0.2, 0) is 19.1 Å². The lowest BCUT2D eigenvalue weighted by molar-refractivity contribution is -0.154. The molecule has 2 atom stereocenters. The summed E-state index contributed by atoms with van der Waals surface area (Å²) < 4.78 is 9.75. The van der Waals surface area contributed by atoms with Gasteiger partial charge in [0.25, 0.3) is 0 Å². The van der Waals surface area contributed by atoms with Gasteiger partial charge in [0.1, 0.15) is 18.7 Å². The van der Waals surface area contributed by atoms with Crippen LogP contribution in [0.1, 0.15) is 13.8 Å². The zero-order valence-corrected chi connectivity index (χ0v) is 12.0. The Hall–Kier alpha value is -1.14. The Morgan fingerprint density at radius 3 is 2.11 bits per heavy atom. The lowest BCUT2D eigenvalue weighted by atomic mass is 10.0. The van der Waals surface area contributed by atoms with Crippen LogP contribution < -0.4 is 5.32 Å². The first kappa shape index (κ1) is 16.9. The van der Waals surface area contributed by atoms with Crippen molar-refractivity contribution in [3.05, 3.63) is 0 Å². The Bertz CT molecular complexity index is 271. The third-order valence-electron chi connectivity index (χ3n) is 2.66. The van der Waals surface area contributed by atoms with Crippen molar-refractivity contribution in [3.8, 4) is 0 Å². The molecule has 0 aliphatic heterocycles. The second-order valence-corrected chi connectivity index (χ2v) is 4.65.